The number of aromatic nitrogens is 2. The van der Waals surface area contributed by atoms with Crippen molar-refractivity contribution in [3.63, 3.8) is 0 Å². The van der Waals surface area contributed by atoms with Gasteiger partial charge in [-0.25, -0.2) is 4.79 Å². The molecule has 0 saturated heterocycles. The number of carbonyl (C=O) groups excluding carboxylic acids is 1. The molecule has 0 spiro atoms. The Hall–Kier alpha value is -2.55. The maximum Gasteiger partial charge on any atom is 0.358 e. The number of sulfonamides is 1. The van der Waals surface area contributed by atoms with Crippen LogP contribution in [0, 0.1) is 0 Å². The normalized spacial score (nSPS) is 11.0. The van der Waals surface area contributed by atoms with Crippen LogP contribution >= 0.6 is 0 Å². The number of nitrogens with zero attached hydrogens (tertiary/aromatic N) is 1. The van der Waals surface area contributed by atoms with Crippen molar-refractivity contribution in [3.05, 3.63) is 36.0 Å². The lowest BCUT2D eigenvalue weighted by atomic mass is 10.3. The average molecular weight is 325 g/mol. The van der Waals surface area contributed by atoms with Crippen LogP contribution in [0.4, 0.5) is 5.69 Å². The third kappa shape index (κ3) is 3.55. The first kappa shape index (κ1) is 15.8. The summed E-state index contributed by atoms with van der Waals surface area (Å²) < 4.78 is 36.5. The molecule has 1 aromatic heterocycles. The molecular formula is C13H15N3O5S. The summed E-state index contributed by atoms with van der Waals surface area (Å²) in [7, 11) is -2.36. The highest BCUT2D eigenvalue weighted by Crippen LogP contribution is 2.18. The summed E-state index contributed by atoms with van der Waals surface area (Å²) in [6.07, 6.45) is 0. The molecule has 8 nitrogen and oxygen atoms in total. The molecule has 2 rings (SSSR count). The van der Waals surface area contributed by atoms with Crippen LogP contribution in [0.25, 0.3) is 0 Å². The zero-order chi connectivity index (χ0) is 16.2. The van der Waals surface area contributed by atoms with E-state index in [4.69, 9.17) is 9.47 Å². The van der Waals surface area contributed by atoms with Gasteiger partial charge in [-0.15, -0.1) is 0 Å². The molecule has 1 heterocycles. The molecule has 0 fully saturated rings. The molecule has 9 heteroatoms. The molecular weight excluding hydrogens is 310 g/mol. The Bertz CT molecular complexity index is 752. The van der Waals surface area contributed by atoms with E-state index in [2.05, 4.69) is 14.9 Å². The Kier molecular flexibility index (Phi) is 4.66. The molecule has 22 heavy (non-hydrogen) atoms. The molecule has 1 aromatic carbocycles. The minimum absolute atomic E-state index is 0.100. The molecule has 0 amide bonds. The van der Waals surface area contributed by atoms with Gasteiger partial charge in [0.05, 0.1) is 13.7 Å². The maximum atomic E-state index is 12.2. The largest absolute Gasteiger partial charge is 0.497 e. The van der Waals surface area contributed by atoms with Gasteiger partial charge in [0.15, 0.2) is 10.7 Å². The number of H-pyrrole nitrogens is 1. The Morgan fingerprint density at radius 2 is 2.00 bits per heavy atom. The summed E-state index contributed by atoms with van der Waals surface area (Å²) in [6, 6.07) is 7.46. The second-order valence-electron chi connectivity index (χ2n) is 4.17. The first-order valence-corrected chi connectivity index (χ1v) is 7.84. The second-order valence-corrected chi connectivity index (χ2v) is 5.82. The number of anilines is 1. The van der Waals surface area contributed by atoms with Crippen molar-refractivity contribution in [1.82, 2.24) is 10.2 Å². The molecule has 0 aliphatic heterocycles. The van der Waals surface area contributed by atoms with Crippen LogP contribution in [0.3, 0.4) is 0 Å². The van der Waals surface area contributed by atoms with Gasteiger partial charge < -0.3 is 9.47 Å². The van der Waals surface area contributed by atoms with Crippen molar-refractivity contribution < 1.29 is 22.7 Å². The summed E-state index contributed by atoms with van der Waals surface area (Å²) in [5.74, 6) is -0.0845. The van der Waals surface area contributed by atoms with Gasteiger partial charge in [0.25, 0.3) is 10.0 Å². The van der Waals surface area contributed by atoms with Crippen LogP contribution in [-0.2, 0) is 14.8 Å². The number of hydrogen-bond donors (Lipinski definition) is 2. The van der Waals surface area contributed by atoms with Gasteiger partial charge in [-0.05, 0) is 31.2 Å². The lowest BCUT2D eigenvalue weighted by Gasteiger charge is -2.06. The highest BCUT2D eigenvalue weighted by atomic mass is 32.2. The quantitative estimate of drug-likeness (QED) is 0.777. The molecule has 0 atom stereocenters. The third-order valence-corrected chi connectivity index (χ3v) is 3.96. The monoisotopic (exact) mass is 325 g/mol. The predicted molar refractivity (Wildman–Crippen MR) is 78.3 cm³/mol. The lowest BCUT2D eigenvalue weighted by Crippen LogP contribution is -2.13. The number of hydrogen-bond acceptors (Lipinski definition) is 6. The minimum atomic E-state index is -3.88. The molecule has 0 unspecified atom stereocenters. The summed E-state index contributed by atoms with van der Waals surface area (Å²) >= 11 is 0. The third-order valence-electron chi connectivity index (χ3n) is 2.67. The molecule has 2 aromatic rings. The van der Waals surface area contributed by atoms with Crippen molar-refractivity contribution in [2.45, 2.75) is 11.9 Å². The van der Waals surface area contributed by atoms with Gasteiger partial charge in [-0.1, -0.05) is 0 Å². The highest BCUT2D eigenvalue weighted by molar-refractivity contribution is 7.92. The van der Waals surface area contributed by atoms with Crippen LogP contribution in [0.15, 0.2) is 35.4 Å². The zero-order valence-corrected chi connectivity index (χ0v) is 12.8. The second kappa shape index (κ2) is 6.48. The van der Waals surface area contributed by atoms with Crippen molar-refractivity contribution in [2.24, 2.45) is 0 Å². The molecule has 0 saturated carbocycles. The van der Waals surface area contributed by atoms with Gasteiger partial charge in [0.1, 0.15) is 5.75 Å². The van der Waals surface area contributed by atoms with Crippen molar-refractivity contribution >= 4 is 21.7 Å². The Balaban J connectivity index is 2.17. The first-order valence-electron chi connectivity index (χ1n) is 6.35. The average Bonchev–Trinajstić information content (AvgIpc) is 2.99. The summed E-state index contributed by atoms with van der Waals surface area (Å²) in [5, 5.41) is 5.70. The number of nitrogens with one attached hydrogen (secondary N) is 2. The van der Waals surface area contributed by atoms with Gasteiger partial charge >= 0.3 is 5.97 Å². The molecule has 0 aliphatic carbocycles. The van der Waals surface area contributed by atoms with E-state index in [1.807, 2.05) is 0 Å². The Morgan fingerprint density at radius 1 is 1.32 bits per heavy atom. The first-order chi connectivity index (χ1) is 10.5. The number of carbonyl (C=O) groups is 1. The Labute approximate surface area is 127 Å². The van der Waals surface area contributed by atoms with E-state index < -0.39 is 16.0 Å². The van der Waals surface area contributed by atoms with E-state index in [0.717, 1.165) is 6.07 Å². The number of benzene rings is 1. The molecule has 118 valence electrons. The van der Waals surface area contributed by atoms with E-state index in [0.29, 0.717) is 11.4 Å². The van der Waals surface area contributed by atoms with Crippen molar-refractivity contribution in [1.29, 1.82) is 0 Å². The van der Waals surface area contributed by atoms with Gasteiger partial charge in [-0.2, -0.15) is 13.5 Å². The summed E-state index contributed by atoms with van der Waals surface area (Å²) in [6.45, 7) is 1.82. The van der Waals surface area contributed by atoms with Crippen LogP contribution in [-0.4, -0.2) is 38.3 Å². The van der Waals surface area contributed by atoms with E-state index >= 15 is 0 Å². The number of methoxy groups -OCH3 is 1. The lowest BCUT2D eigenvalue weighted by molar-refractivity contribution is 0.0519. The number of ether oxygens (including phenoxy) is 2. The SMILES string of the molecule is CCOC(=O)c1cc(S(=O)(=O)Nc2ccc(OC)cc2)[nH]n1. The highest BCUT2D eigenvalue weighted by Gasteiger charge is 2.20. The van der Waals surface area contributed by atoms with Crippen LogP contribution in [0.1, 0.15) is 17.4 Å². The summed E-state index contributed by atoms with van der Waals surface area (Å²) in [5.41, 5.74) is 0.255. The van der Waals surface area contributed by atoms with Gasteiger partial charge in [0, 0.05) is 11.8 Å². The minimum Gasteiger partial charge on any atom is -0.497 e. The van der Waals surface area contributed by atoms with Gasteiger partial charge in [0.2, 0.25) is 0 Å². The number of aromatic amines is 1. The van der Waals surface area contributed by atoms with E-state index in [1.54, 1.807) is 31.2 Å². The number of rotatable bonds is 6. The predicted octanol–water partition coefficient (Wildman–Crippen LogP) is 1.40. The van der Waals surface area contributed by atoms with Crippen LogP contribution in [0.2, 0.25) is 0 Å². The van der Waals surface area contributed by atoms with E-state index in [1.165, 1.54) is 7.11 Å². The number of esters is 1. The summed E-state index contributed by atoms with van der Waals surface area (Å²) in [4.78, 5) is 11.5. The van der Waals surface area contributed by atoms with Gasteiger partial charge in [-0.3, -0.25) is 9.82 Å². The molecule has 0 aliphatic rings. The van der Waals surface area contributed by atoms with Crippen molar-refractivity contribution in [3.8, 4) is 5.75 Å². The fourth-order valence-corrected chi connectivity index (χ4v) is 2.61. The molecule has 0 bridgehead atoms. The standard InChI is InChI=1S/C13H15N3O5S/c1-3-21-13(17)11-8-12(15-14-11)22(18,19)16-9-4-6-10(20-2)7-5-9/h4-8,16H,3H2,1-2H3,(H,14,15). The fourth-order valence-electron chi connectivity index (χ4n) is 1.62. The molecule has 2 N–H and O–H groups in total. The van der Waals surface area contributed by atoms with Crippen molar-refractivity contribution in [2.75, 3.05) is 18.4 Å². The Morgan fingerprint density at radius 3 is 2.59 bits per heavy atom. The molecule has 0 radical (unpaired) electrons. The zero-order valence-electron chi connectivity index (χ0n) is 12.0. The van der Waals surface area contributed by atoms with E-state index in [9.17, 15) is 13.2 Å². The van der Waals surface area contributed by atoms with E-state index in [-0.39, 0.29) is 17.3 Å². The van der Waals surface area contributed by atoms with Crippen LogP contribution in [0.5, 0.6) is 5.75 Å². The smallest absolute Gasteiger partial charge is 0.358 e. The van der Waals surface area contributed by atoms with Crippen LogP contribution < -0.4 is 9.46 Å². The maximum absolute atomic E-state index is 12.2. The topological polar surface area (TPSA) is 110 Å². The fraction of sp³-hybridized carbons (Fsp3) is 0.231.